The highest BCUT2D eigenvalue weighted by Crippen LogP contribution is 2.11. The fourth-order valence-corrected chi connectivity index (χ4v) is 1.51. The number of furan rings is 1. The molecule has 0 fully saturated rings. The molecule has 0 saturated carbocycles. The lowest BCUT2D eigenvalue weighted by molar-refractivity contribution is 0.0694. The molecule has 5 nitrogen and oxygen atoms in total. The number of carbonyl (C=O) groups is 1. The zero-order chi connectivity index (χ0) is 12.0. The molecule has 0 aromatic carbocycles. The summed E-state index contributed by atoms with van der Waals surface area (Å²) >= 11 is 0. The van der Waals surface area contributed by atoms with Gasteiger partial charge in [-0.05, 0) is 18.9 Å². The zero-order valence-electron chi connectivity index (χ0n) is 9.27. The Bertz CT molecular complexity index is 334. The summed E-state index contributed by atoms with van der Waals surface area (Å²) in [5.74, 6) is -0.565. The Morgan fingerprint density at radius 3 is 2.94 bits per heavy atom. The van der Waals surface area contributed by atoms with Crippen LogP contribution >= 0.6 is 0 Å². The molecule has 0 saturated heterocycles. The van der Waals surface area contributed by atoms with Crippen LogP contribution in [0.1, 0.15) is 35.9 Å². The molecule has 0 radical (unpaired) electrons. The average Bonchev–Trinajstić information content (AvgIpc) is 2.72. The van der Waals surface area contributed by atoms with E-state index < -0.39 is 5.97 Å². The zero-order valence-corrected chi connectivity index (χ0v) is 9.27. The molecule has 0 aliphatic carbocycles. The monoisotopic (exact) mass is 227 g/mol. The molecule has 5 heteroatoms. The van der Waals surface area contributed by atoms with Crippen LogP contribution in [0.4, 0.5) is 0 Å². The van der Waals surface area contributed by atoms with Crippen molar-refractivity contribution in [2.45, 2.75) is 32.4 Å². The van der Waals surface area contributed by atoms with Crippen molar-refractivity contribution in [2.75, 3.05) is 6.61 Å². The third kappa shape index (κ3) is 3.36. The molecule has 0 aliphatic heterocycles. The number of carboxylic acids is 1. The number of hydrogen-bond acceptors (Lipinski definition) is 4. The molecule has 1 atom stereocenters. The number of nitrogens with one attached hydrogen (secondary N) is 1. The number of aliphatic hydroxyl groups is 1. The van der Waals surface area contributed by atoms with Gasteiger partial charge in [-0.1, -0.05) is 6.92 Å². The van der Waals surface area contributed by atoms with Gasteiger partial charge in [0.1, 0.15) is 11.3 Å². The Morgan fingerprint density at radius 1 is 1.62 bits per heavy atom. The van der Waals surface area contributed by atoms with Crippen molar-refractivity contribution in [3.05, 3.63) is 23.7 Å². The first kappa shape index (κ1) is 12.7. The van der Waals surface area contributed by atoms with E-state index >= 15 is 0 Å². The number of rotatable bonds is 7. The molecular formula is C11H17NO4. The van der Waals surface area contributed by atoms with Gasteiger partial charge in [-0.2, -0.15) is 0 Å². The standard InChI is InChI=1S/C11H17NO4/c1-2-8(3-5-13)12-7-10-9(11(14)15)4-6-16-10/h4,6,8,12-13H,2-3,5,7H2,1H3,(H,14,15). The van der Waals surface area contributed by atoms with Gasteiger partial charge in [0.15, 0.2) is 0 Å². The normalized spacial score (nSPS) is 12.6. The molecule has 0 bridgehead atoms. The first-order valence-electron chi connectivity index (χ1n) is 5.33. The predicted molar refractivity (Wildman–Crippen MR) is 58.3 cm³/mol. The van der Waals surface area contributed by atoms with E-state index in [1.165, 1.54) is 12.3 Å². The number of aliphatic hydroxyl groups excluding tert-OH is 1. The highest BCUT2D eigenvalue weighted by molar-refractivity contribution is 5.88. The van der Waals surface area contributed by atoms with Crippen LogP contribution in [0.2, 0.25) is 0 Å². The second-order valence-corrected chi connectivity index (χ2v) is 3.56. The van der Waals surface area contributed by atoms with Gasteiger partial charge in [-0.25, -0.2) is 4.79 Å². The molecular weight excluding hydrogens is 210 g/mol. The Hall–Kier alpha value is -1.33. The van der Waals surface area contributed by atoms with Crippen molar-refractivity contribution in [3.63, 3.8) is 0 Å². The minimum absolute atomic E-state index is 0.120. The first-order valence-corrected chi connectivity index (χ1v) is 5.33. The Balaban J connectivity index is 2.53. The smallest absolute Gasteiger partial charge is 0.339 e. The van der Waals surface area contributed by atoms with E-state index in [-0.39, 0.29) is 18.2 Å². The third-order valence-corrected chi connectivity index (χ3v) is 2.50. The molecule has 1 rings (SSSR count). The van der Waals surface area contributed by atoms with Crippen LogP contribution < -0.4 is 5.32 Å². The lowest BCUT2D eigenvalue weighted by Crippen LogP contribution is -2.29. The van der Waals surface area contributed by atoms with Gasteiger partial charge in [-0.3, -0.25) is 0 Å². The predicted octanol–water partition coefficient (Wildman–Crippen LogP) is 1.23. The SMILES string of the molecule is CCC(CCO)NCc1occc1C(=O)O. The number of carboxylic acid groups (broad SMARTS) is 1. The Labute approximate surface area is 94.1 Å². The minimum atomic E-state index is -0.985. The summed E-state index contributed by atoms with van der Waals surface area (Å²) in [6.45, 7) is 2.50. The minimum Gasteiger partial charge on any atom is -0.478 e. The van der Waals surface area contributed by atoms with Crippen LogP contribution in [0, 0.1) is 0 Å². The van der Waals surface area contributed by atoms with Gasteiger partial charge >= 0.3 is 5.97 Å². The van der Waals surface area contributed by atoms with E-state index in [9.17, 15) is 4.79 Å². The number of aromatic carboxylic acids is 1. The van der Waals surface area contributed by atoms with Gasteiger partial charge in [0.05, 0.1) is 12.8 Å². The molecule has 1 aromatic heterocycles. The Kier molecular flexibility index (Phi) is 5.01. The average molecular weight is 227 g/mol. The topological polar surface area (TPSA) is 82.7 Å². The van der Waals surface area contributed by atoms with Crippen molar-refractivity contribution in [1.29, 1.82) is 0 Å². The van der Waals surface area contributed by atoms with Gasteiger partial charge < -0.3 is 19.9 Å². The quantitative estimate of drug-likeness (QED) is 0.652. The van der Waals surface area contributed by atoms with Crippen molar-refractivity contribution in [3.8, 4) is 0 Å². The maximum atomic E-state index is 10.8. The van der Waals surface area contributed by atoms with Crippen LogP contribution in [0.15, 0.2) is 16.7 Å². The second kappa shape index (κ2) is 6.30. The lowest BCUT2D eigenvalue weighted by Gasteiger charge is -2.14. The molecule has 16 heavy (non-hydrogen) atoms. The summed E-state index contributed by atoms with van der Waals surface area (Å²) in [5, 5.41) is 20.8. The molecule has 1 unspecified atom stereocenters. The van der Waals surface area contributed by atoms with E-state index in [1.807, 2.05) is 6.92 Å². The van der Waals surface area contributed by atoms with E-state index in [2.05, 4.69) is 5.32 Å². The third-order valence-electron chi connectivity index (χ3n) is 2.50. The Morgan fingerprint density at radius 2 is 2.38 bits per heavy atom. The highest BCUT2D eigenvalue weighted by atomic mass is 16.4. The van der Waals surface area contributed by atoms with Gasteiger partial charge in [-0.15, -0.1) is 0 Å². The van der Waals surface area contributed by atoms with Crippen molar-refractivity contribution in [1.82, 2.24) is 5.32 Å². The van der Waals surface area contributed by atoms with Crippen LogP contribution in [0.5, 0.6) is 0 Å². The summed E-state index contributed by atoms with van der Waals surface area (Å²) in [7, 11) is 0. The fraction of sp³-hybridized carbons (Fsp3) is 0.545. The van der Waals surface area contributed by atoms with Gasteiger partial charge in [0, 0.05) is 12.6 Å². The maximum Gasteiger partial charge on any atom is 0.339 e. The van der Waals surface area contributed by atoms with Crippen molar-refractivity contribution < 1.29 is 19.4 Å². The number of hydrogen-bond donors (Lipinski definition) is 3. The lowest BCUT2D eigenvalue weighted by atomic mass is 10.1. The summed E-state index contributed by atoms with van der Waals surface area (Å²) in [6.07, 6.45) is 2.90. The molecule has 0 amide bonds. The van der Waals surface area contributed by atoms with Crippen LogP contribution in [-0.4, -0.2) is 28.8 Å². The summed E-state index contributed by atoms with van der Waals surface area (Å²) in [5.41, 5.74) is 0.186. The van der Waals surface area contributed by atoms with E-state index in [4.69, 9.17) is 14.6 Å². The van der Waals surface area contributed by atoms with Crippen molar-refractivity contribution in [2.24, 2.45) is 0 Å². The van der Waals surface area contributed by atoms with Gasteiger partial charge in [0.2, 0.25) is 0 Å². The van der Waals surface area contributed by atoms with Crippen LogP contribution in [0.3, 0.4) is 0 Å². The van der Waals surface area contributed by atoms with E-state index in [1.54, 1.807) is 0 Å². The van der Waals surface area contributed by atoms with Crippen LogP contribution in [0.25, 0.3) is 0 Å². The van der Waals surface area contributed by atoms with Gasteiger partial charge in [0.25, 0.3) is 0 Å². The molecule has 3 N–H and O–H groups in total. The molecule has 0 spiro atoms. The summed E-state index contributed by atoms with van der Waals surface area (Å²) < 4.78 is 5.09. The summed E-state index contributed by atoms with van der Waals surface area (Å²) in [6, 6.07) is 1.61. The highest BCUT2D eigenvalue weighted by Gasteiger charge is 2.14. The summed E-state index contributed by atoms with van der Waals surface area (Å²) in [4.78, 5) is 10.8. The van der Waals surface area contributed by atoms with Crippen molar-refractivity contribution >= 4 is 5.97 Å². The fourth-order valence-electron chi connectivity index (χ4n) is 1.51. The molecule has 1 aromatic rings. The van der Waals surface area contributed by atoms with Crippen LogP contribution in [-0.2, 0) is 6.54 Å². The van der Waals surface area contributed by atoms with E-state index in [0.29, 0.717) is 18.7 Å². The molecule has 90 valence electrons. The molecule has 0 aliphatic rings. The van der Waals surface area contributed by atoms with E-state index in [0.717, 1.165) is 6.42 Å². The first-order chi connectivity index (χ1) is 7.69. The maximum absolute atomic E-state index is 10.8. The largest absolute Gasteiger partial charge is 0.478 e. The second-order valence-electron chi connectivity index (χ2n) is 3.56. The molecule has 1 heterocycles.